The minimum atomic E-state index is -0.116. The van der Waals surface area contributed by atoms with Gasteiger partial charge in [0.05, 0.1) is 6.10 Å². The quantitative estimate of drug-likeness (QED) is 0.744. The molecule has 0 aromatic heterocycles. The maximum atomic E-state index is 12.2. The third-order valence-electron chi connectivity index (χ3n) is 3.09. The SMILES string of the molecule is CCC(C)Oc1cccc(NC(=O)c2cccc(I)c2)c1. The van der Waals surface area contributed by atoms with E-state index in [1.807, 2.05) is 49.4 Å². The van der Waals surface area contributed by atoms with Crippen molar-refractivity contribution in [2.45, 2.75) is 26.4 Å². The maximum absolute atomic E-state index is 12.2. The first kappa shape index (κ1) is 15.8. The molecule has 2 rings (SSSR count). The van der Waals surface area contributed by atoms with Crippen molar-refractivity contribution in [3.05, 3.63) is 57.7 Å². The molecule has 0 heterocycles. The highest BCUT2D eigenvalue weighted by atomic mass is 127. The van der Waals surface area contributed by atoms with Gasteiger partial charge in [0.1, 0.15) is 5.75 Å². The minimum absolute atomic E-state index is 0.116. The first-order valence-corrected chi connectivity index (χ1v) is 8.00. The normalized spacial score (nSPS) is 11.8. The number of anilines is 1. The summed E-state index contributed by atoms with van der Waals surface area (Å²) in [6, 6.07) is 15.0. The summed E-state index contributed by atoms with van der Waals surface area (Å²) >= 11 is 2.19. The molecule has 3 nitrogen and oxygen atoms in total. The molecule has 0 aliphatic heterocycles. The molecule has 0 aliphatic rings. The summed E-state index contributed by atoms with van der Waals surface area (Å²) in [7, 11) is 0. The van der Waals surface area contributed by atoms with Crippen molar-refractivity contribution in [2.24, 2.45) is 0 Å². The van der Waals surface area contributed by atoms with Crippen LogP contribution in [0.15, 0.2) is 48.5 Å². The Labute approximate surface area is 138 Å². The third-order valence-corrected chi connectivity index (χ3v) is 3.76. The molecule has 2 aromatic carbocycles. The number of nitrogens with one attached hydrogen (secondary N) is 1. The van der Waals surface area contributed by atoms with Crippen molar-refractivity contribution in [1.82, 2.24) is 0 Å². The van der Waals surface area contributed by atoms with Crippen LogP contribution in [-0.4, -0.2) is 12.0 Å². The zero-order valence-electron chi connectivity index (χ0n) is 12.1. The van der Waals surface area contributed by atoms with Gasteiger partial charge in [-0.25, -0.2) is 0 Å². The van der Waals surface area contributed by atoms with Gasteiger partial charge in [0, 0.05) is 20.9 Å². The molecule has 0 radical (unpaired) electrons. The van der Waals surface area contributed by atoms with Crippen LogP contribution in [0.1, 0.15) is 30.6 Å². The Kier molecular flexibility index (Phi) is 5.61. The smallest absolute Gasteiger partial charge is 0.255 e. The van der Waals surface area contributed by atoms with Crippen LogP contribution in [0.3, 0.4) is 0 Å². The van der Waals surface area contributed by atoms with Gasteiger partial charge in [-0.15, -0.1) is 0 Å². The second-order valence-corrected chi connectivity index (χ2v) is 6.07. The van der Waals surface area contributed by atoms with Gasteiger partial charge >= 0.3 is 0 Å². The Bertz CT molecular complexity index is 628. The number of hydrogen-bond donors (Lipinski definition) is 1. The van der Waals surface area contributed by atoms with Crippen molar-refractivity contribution < 1.29 is 9.53 Å². The fraction of sp³-hybridized carbons (Fsp3) is 0.235. The van der Waals surface area contributed by atoms with E-state index in [0.29, 0.717) is 5.56 Å². The summed E-state index contributed by atoms with van der Waals surface area (Å²) < 4.78 is 6.79. The number of carbonyl (C=O) groups is 1. The van der Waals surface area contributed by atoms with E-state index in [4.69, 9.17) is 4.74 Å². The topological polar surface area (TPSA) is 38.3 Å². The second kappa shape index (κ2) is 7.45. The van der Waals surface area contributed by atoms with Crippen LogP contribution in [0, 0.1) is 3.57 Å². The largest absolute Gasteiger partial charge is 0.491 e. The number of ether oxygens (including phenoxy) is 1. The Balaban J connectivity index is 2.09. The van der Waals surface area contributed by atoms with E-state index in [2.05, 4.69) is 34.8 Å². The number of hydrogen-bond acceptors (Lipinski definition) is 2. The molecule has 4 heteroatoms. The van der Waals surface area contributed by atoms with Crippen LogP contribution in [0.5, 0.6) is 5.75 Å². The van der Waals surface area contributed by atoms with Gasteiger partial charge in [0.15, 0.2) is 0 Å². The highest BCUT2D eigenvalue weighted by Gasteiger charge is 2.07. The highest BCUT2D eigenvalue weighted by molar-refractivity contribution is 14.1. The lowest BCUT2D eigenvalue weighted by atomic mass is 10.2. The van der Waals surface area contributed by atoms with Crippen LogP contribution in [0.4, 0.5) is 5.69 Å². The molecule has 110 valence electrons. The molecule has 1 atom stereocenters. The van der Waals surface area contributed by atoms with Crippen LogP contribution in [0.25, 0.3) is 0 Å². The predicted molar refractivity (Wildman–Crippen MR) is 93.9 cm³/mol. The van der Waals surface area contributed by atoms with Crippen molar-refractivity contribution in [3.8, 4) is 5.75 Å². The number of rotatable bonds is 5. The average molecular weight is 395 g/mol. The average Bonchev–Trinajstić information content (AvgIpc) is 2.47. The Hall–Kier alpha value is -1.56. The summed E-state index contributed by atoms with van der Waals surface area (Å²) in [6.45, 7) is 4.10. The van der Waals surface area contributed by atoms with Crippen LogP contribution in [-0.2, 0) is 0 Å². The second-order valence-electron chi connectivity index (χ2n) is 4.83. The Morgan fingerprint density at radius 2 is 2.00 bits per heavy atom. The zero-order valence-corrected chi connectivity index (χ0v) is 14.3. The lowest BCUT2D eigenvalue weighted by molar-refractivity contribution is 0.102. The van der Waals surface area contributed by atoms with Crippen molar-refractivity contribution in [3.63, 3.8) is 0 Å². The molecule has 21 heavy (non-hydrogen) atoms. The van der Waals surface area contributed by atoms with E-state index in [0.717, 1.165) is 21.4 Å². The molecule has 2 aromatic rings. The summed E-state index contributed by atoms with van der Waals surface area (Å²) in [5.41, 5.74) is 1.38. The van der Waals surface area contributed by atoms with Crippen LogP contribution < -0.4 is 10.1 Å². The minimum Gasteiger partial charge on any atom is -0.491 e. The summed E-state index contributed by atoms with van der Waals surface area (Å²) in [4.78, 5) is 12.2. The van der Waals surface area contributed by atoms with Gasteiger partial charge in [-0.1, -0.05) is 19.1 Å². The Morgan fingerprint density at radius 1 is 1.24 bits per heavy atom. The molecule has 1 unspecified atom stereocenters. The van der Waals surface area contributed by atoms with E-state index in [9.17, 15) is 4.79 Å². The van der Waals surface area contributed by atoms with Gasteiger partial charge in [0.2, 0.25) is 0 Å². The number of halogens is 1. The van der Waals surface area contributed by atoms with Gasteiger partial charge < -0.3 is 10.1 Å². The number of carbonyl (C=O) groups excluding carboxylic acids is 1. The van der Waals surface area contributed by atoms with E-state index in [1.54, 1.807) is 6.07 Å². The fourth-order valence-electron chi connectivity index (χ4n) is 1.80. The lowest BCUT2D eigenvalue weighted by Gasteiger charge is -2.13. The maximum Gasteiger partial charge on any atom is 0.255 e. The Morgan fingerprint density at radius 3 is 2.71 bits per heavy atom. The zero-order chi connectivity index (χ0) is 15.2. The van der Waals surface area contributed by atoms with Crippen molar-refractivity contribution in [2.75, 3.05) is 5.32 Å². The van der Waals surface area contributed by atoms with Crippen molar-refractivity contribution >= 4 is 34.2 Å². The molecule has 0 spiro atoms. The highest BCUT2D eigenvalue weighted by Crippen LogP contribution is 2.20. The fourth-order valence-corrected chi connectivity index (χ4v) is 2.34. The monoisotopic (exact) mass is 395 g/mol. The van der Waals surface area contributed by atoms with Crippen LogP contribution in [0.2, 0.25) is 0 Å². The van der Waals surface area contributed by atoms with Crippen LogP contribution >= 0.6 is 22.6 Å². The van der Waals surface area contributed by atoms with E-state index in [-0.39, 0.29) is 12.0 Å². The molecule has 0 saturated carbocycles. The standard InChI is InChI=1S/C17H18INO2/c1-3-12(2)21-16-9-5-8-15(11-16)19-17(20)13-6-4-7-14(18)10-13/h4-12H,3H2,1-2H3,(H,19,20). The molecule has 0 fully saturated rings. The molecule has 0 saturated heterocycles. The number of amides is 1. The van der Waals surface area contributed by atoms with E-state index < -0.39 is 0 Å². The molecule has 0 aliphatic carbocycles. The molecule has 0 bridgehead atoms. The molecule has 1 amide bonds. The predicted octanol–water partition coefficient (Wildman–Crippen LogP) is 4.72. The summed E-state index contributed by atoms with van der Waals surface area (Å²) in [6.07, 6.45) is 1.10. The molecular formula is C17H18INO2. The van der Waals surface area contributed by atoms with E-state index in [1.165, 1.54) is 0 Å². The van der Waals surface area contributed by atoms with Gasteiger partial charge in [-0.2, -0.15) is 0 Å². The summed E-state index contributed by atoms with van der Waals surface area (Å²) in [5.74, 6) is 0.652. The van der Waals surface area contributed by atoms with Gasteiger partial charge in [-0.3, -0.25) is 4.79 Å². The van der Waals surface area contributed by atoms with Gasteiger partial charge in [0.25, 0.3) is 5.91 Å². The van der Waals surface area contributed by atoms with Gasteiger partial charge in [-0.05, 0) is 66.3 Å². The molecular weight excluding hydrogens is 377 g/mol. The first-order valence-electron chi connectivity index (χ1n) is 6.92. The van der Waals surface area contributed by atoms with Crippen molar-refractivity contribution in [1.29, 1.82) is 0 Å². The molecule has 1 N–H and O–H groups in total. The number of benzene rings is 2. The van der Waals surface area contributed by atoms with E-state index >= 15 is 0 Å². The summed E-state index contributed by atoms with van der Waals surface area (Å²) in [5, 5.41) is 2.89. The lowest BCUT2D eigenvalue weighted by Crippen LogP contribution is -2.13. The first-order chi connectivity index (χ1) is 10.1. The third kappa shape index (κ3) is 4.74.